The van der Waals surface area contributed by atoms with Crippen molar-refractivity contribution < 1.29 is 19.2 Å². The summed E-state index contributed by atoms with van der Waals surface area (Å²) in [7, 11) is 0. The van der Waals surface area contributed by atoms with Crippen LogP contribution in [0.3, 0.4) is 0 Å². The number of aromatic nitrogens is 1. The average molecular weight is 314 g/mol. The van der Waals surface area contributed by atoms with Gasteiger partial charge < -0.3 is 14.9 Å². The maximum Gasteiger partial charge on any atom is 0.313 e. The molecule has 0 atom stereocenters. The van der Waals surface area contributed by atoms with Crippen molar-refractivity contribution in [2.24, 2.45) is 0 Å². The van der Waals surface area contributed by atoms with E-state index < -0.39 is 11.4 Å². The lowest BCUT2D eigenvalue weighted by Gasteiger charge is -2.19. The minimum Gasteiger partial charge on any atom is -0.481 e. The van der Waals surface area contributed by atoms with Crippen LogP contribution in [0.1, 0.15) is 54.2 Å². The van der Waals surface area contributed by atoms with Crippen molar-refractivity contribution in [3.05, 3.63) is 47.3 Å². The molecule has 6 heteroatoms. The molecular weight excluding hydrogens is 296 g/mol. The van der Waals surface area contributed by atoms with Crippen molar-refractivity contribution in [1.82, 2.24) is 5.16 Å². The second-order valence-electron chi connectivity index (χ2n) is 6.35. The molecule has 0 bridgehead atoms. The molecule has 1 fully saturated rings. The number of carboxylic acid groups (broad SMARTS) is 1. The van der Waals surface area contributed by atoms with Gasteiger partial charge in [0.05, 0.1) is 11.1 Å². The fourth-order valence-corrected chi connectivity index (χ4v) is 2.36. The van der Waals surface area contributed by atoms with Gasteiger partial charge in [-0.2, -0.15) is 0 Å². The van der Waals surface area contributed by atoms with Gasteiger partial charge in [0.2, 0.25) is 0 Å². The molecule has 23 heavy (non-hydrogen) atoms. The summed E-state index contributed by atoms with van der Waals surface area (Å²) in [5.74, 6) is -0.834. The third-order valence-corrected chi connectivity index (χ3v) is 4.21. The topological polar surface area (TPSA) is 92.4 Å². The van der Waals surface area contributed by atoms with Crippen LogP contribution in [0.15, 0.2) is 35.1 Å². The molecule has 2 aromatic rings. The highest BCUT2D eigenvalue weighted by Gasteiger charge is 2.32. The molecule has 1 aliphatic carbocycles. The number of aliphatic carboxylic acids is 1. The second-order valence-corrected chi connectivity index (χ2v) is 6.35. The number of nitrogens with zero attached hydrogens (tertiary/aromatic N) is 1. The van der Waals surface area contributed by atoms with E-state index in [0.29, 0.717) is 28.4 Å². The highest BCUT2D eigenvalue weighted by atomic mass is 16.5. The standard InChI is InChI=1S/C17H18N2O4/c1-17(2,16(21)22)11-5-7-12(8-6-11)18-15(20)13-9-23-19-14(13)10-3-4-10/h5-10H,3-4H2,1-2H3,(H,18,20)(H,21,22). The molecule has 120 valence electrons. The number of benzene rings is 1. The van der Waals surface area contributed by atoms with Crippen molar-refractivity contribution in [3.63, 3.8) is 0 Å². The maximum absolute atomic E-state index is 12.3. The summed E-state index contributed by atoms with van der Waals surface area (Å²) in [6.45, 7) is 3.28. The third kappa shape index (κ3) is 2.97. The zero-order chi connectivity index (χ0) is 16.6. The molecule has 1 heterocycles. The number of nitrogens with one attached hydrogen (secondary N) is 1. The Balaban J connectivity index is 1.74. The van der Waals surface area contributed by atoms with E-state index in [2.05, 4.69) is 10.5 Å². The third-order valence-electron chi connectivity index (χ3n) is 4.21. The predicted molar refractivity (Wildman–Crippen MR) is 83.5 cm³/mol. The molecule has 3 rings (SSSR count). The molecule has 0 unspecified atom stereocenters. The SMILES string of the molecule is CC(C)(C(=O)O)c1ccc(NC(=O)c2conc2C2CC2)cc1. The summed E-state index contributed by atoms with van der Waals surface area (Å²) < 4.78 is 4.92. The summed E-state index contributed by atoms with van der Waals surface area (Å²) in [4.78, 5) is 23.6. The van der Waals surface area contributed by atoms with Crippen LogP contribution in [0.2, 0.25) is 0 Å². The molecule has 1 saturated carbocycles. The molecule has 0 saturated heterocycles. The largest absolute Gasteiger partial charge is 0.481 e. The Bertz CT molecular complexity index is 742. The number of hydrogen-bond donors (Lipinski definition) is 2. The summed E-state index contributed by atoms with van der Waals surface area (Å²) >= 11 is 0. The summed E-state index contributed by atoms with van der Waals surface area (Å²) in [5.41, 5.74) is 1.47. The van der Waals surface area contributed by atoms with Gasteiger partial charge in [-0.15, -0.1) is 0 Å². The summed E-state index contributed by atoms with van der Waals surface area (Å²) in [6.07, 6.45) is 3.43. The Kier molecular flexibility index (Phi) is 3.67. The van der Waals surface area contributed by atoms with Crippen LogP contribution in [0, 0.1) is 0 Å². The van der Waals surface area contributed by atoms with Gasteiger partial charge in [0, 0.05) is 11.6 Å². The Morgan fingerprint density at radius 3 is 2.48 bits per heavy atom. The maximum atomic E-state index is 12.3. The van der Waals surface area contributed by atoms with Gasteiger partial charge in [0.25, 0.3) is 5.91 Å². The van der Waals surface area contributed by atoms with Crippen molar-refractivity contribution in [3.8, 4) is 0 Å². The monoisotopic (exact) mass is 314 g/mol. The van der Waals surface area contributed by atoms with E-state index in [9.17, 15) is 14.7 Å². The first-order valence-electron chi connectivity index (χ1n) is 7.49. The van der Waals surface area contributed by atoms with E-state index in [0.717, 1.165) is 12.8 Å². The molecular formula is C17H18N2O4. The van der Waals surface area contributed by atoms with Crippen molar-refractivity contribution in [2.45, 2.75) is 38.0 Å². The smallest absolute Gasteiger partial charge is 0.313 e. The lowest BCUT2D eigenvalue weighted by atomic mass is 9.85. The van der Waals surface area contributed by atoms with E-state index in [-0.39, 0.29) is 5.91 Å². The van der Waals surface area contributed by atoms with Crippen LogP contribution in [0.5, 0.6) is 0 Å². The number of rotatable bonds is 5. The van der Waals surface area contributed by atoms with Gasteiger partial charge in [0.15, 0.2) is 0 Å². The number of carbonyl (C=O) groups excluding carboxylic acids is 1. The van der Waals surface area contributed by atoms with E-state index in [1.807, 2.05) is 0 Å². The lowest BCUT2D eigenvalue weighted by Crippen LogP contribution is -2.28. The van der Waals surface area contributed by atoms with Crippen molar-refractivity contribution in [2.75, 3.05) is 5.32 Å². The van der Waals surface area contributed by atoms with E-state index in [1.54, 1.807) is 38.1 Å². The minimum absolute atomic E-state index is 0.265. The molecule has 0 radical (unpaired) electrons. The second kappa shape index (κ2) is 5.53. The van der Waals surface area contributed by atoms with Crippen LogP contribution in [-0.2, 0) is 10.2 Å². The molecule has 0 spiro atoms. The van der Waals surface area contributed by atoms with E-state index in [4.69, 9.17) is 4.52 Å². The number of amides is 1. The predicted octanol–water partition coefficient (Wildman–Crippen LogP) is 3.17. The van der Waals surface area contributed by atoms with Gasteiger partial charge in [-0.3, -0.25) is 9.59 Å². The fraction of sp³-hybridized carbons (Fsp3) is 0.353. The zero-order valence-corrected chi connectivity index (χ0v) is 13.0. The number of anilines is 1. The van der Waals surface area contributed by atoms with Gasteiger partial charge in [-0.25, -0.2) is 0 Å². The molecule has 1 aliphatic rings. The van der Waals surface area contributed by atoms with E-state index in [1.165, 1.54) is 6.26 Å². The van der Waals surface area contributed by atoms with Crippen LogP contribution < -0.4 is 5.32 Å². The summed E-state index contributed by atoms with van der Waals surface area (Å²) in [5, 5.41) is 15.9. The molecule has 1 aromatic carbocycles. The van der Waals surface area contributed by atoms with Crippen LogP contribution >= 0.6 is 0 Å². The summed E-state index contributed by atoms with van der Waals surface area (Å²) in [6, 6.07) is 6.81. The average Bonchev–Trinajstić information content (AvgIpc) is 3.24. The van der Waals surface area contributed by atoms with Crippen molar-refractivity contribution in [1.29, 1.82) is 0 Å². The van der Waals surface area contributed by atoms with Gasteiger partial charge >= 0.3 is 5.97 Å². The first-order chi connectivity index (χ1) is 10.9. The minimum atomic E-state index is -0.976. The molecule has 0 aliphatic heterocycles. The van der Waals surface area contributed by atoms with Crippen LogP contribution in [0.4, 0.5) is 5.69 Å². The lowest BCUT2D eigenvalue weighted by molar-refractivity contribution is -0.142. The van der Waals surface area contributed by atoms with Gasteiger partial charge in [-0.1, -0.05) is 17.3 Å². The first kappa shape index (κ1) is 15.3. The molecule has 6 nitrogen and oxygen atoms in total. The Hall–Kier alpha value is -2.63. The highest BCUT2D eigenvalue weighted by Crippen LogP contribution is 2.40. The van der Waals surface area contributed by atoms with Gasteiger partial charge in [0.1, 0.15) is 11.8 Å². The fourth-order valence-electron chi connectivity index (χ4n) is 2.36. The normalized spacial score (nSPS) is 14.5. The zero-order valence-electron chi connectivity index (χ0n) is 13.0. The van der Waals surface area contributed by atoms with Crippen molar-refractivity contribution >= 4 is 17.6 Å². The van der Waals surface area contributed by atoms with Crippen LogP contribution in [0.25, 0.3) is 0 Å². The van der Waals surface area contributed by atoms with Gasteiger partial charge in [-0.05, 0) is 44.4 Å². The Morgan fingerprint density at radius 2 is 1.91 bits per heavy atom. The quantitative estimate of drug-likeness (QED) is 0.884. The highest BCUT2D eigenvalue weighted by molar-refractivity contribution is 6.05. The Labute approximate surface area is 133 Å². The first-order valence-corrected chi connectivity index (χ1v) is 7.49. The Morgan fingerprint density at radius 1 is 1.26 bits per heavy atom. The van der Waals surface area contributed by atoms with E-state index >= 15 is 0 Å². The van der Waals surface area contributed by atoms with Crippen LogP contribution in [-0.4, -0.2) is 22.1 Å². The molecule has 1 amide bonds. The number of hydrogen-bond acceptors (Lipinski definition) is 4. The number of carbonyl (C=O) groups is 2. The number of carboxylic acids is 1. The molecule has 2 N–H and O–H groups in total. The molecule has 1 aromatic heterocycles.